The fraction of sp³-hybridized carbons (Fsp3) is 0.280. The molecule has 0 saturated carbocycles. The van der Waals surface area contributed by atoms with Gasteiger partial charge in [-0.1, -0.05) is 6.07 Å². The Labute approximate surface area is 205 Å². The van der Waals surface area contributed by atoms with Crippen LogP contribution in [0.15, 0.2) is 41.5 Å². The molecule has 0 aliphatic carbocycles. The van der Waals surface area contributed by atoms with Crippen LogP contribution in [0.25, 0.3) is 17.0 Å². The molecule has 1 aliphatic heterocycles. The van der Waals surface area contributed by atoms with Gasteiger partial charge in [0.2, 0.25) is 5.91 Å². The van der Waals surface area contributed by atoms with Crippen LogP contribution in [0.5, 0.6) is 0 Å². The normalized spacial score (nSPS) is 13.1. The number of amides is 2. The van der Waals surface area contributed by atoms with E-state index in [9.17, 15) is 18.8 Å². The molecule has 0 spiro atoms. The van der Waals surface area contributed by atoms with Gasteiger partial charge >= 0.3 is 0 Å². The number of aromatic nitrogens is 5. The summed E-state index contributed by atoms with van der Waals surface area (Å²) in [6, 6.07) is 6.00. The van der Waals surface area contributed by atoms with Gasteiger partial charge < -0.3 is 14.8 Å². The molecule has 0 unspecified atom stereocenters. The van der Waals surface area contributed by atoms with Crippen molar-refractivity contribution in [1.82, 2.24) is 29.0 Å². The minimum absolute atomic E-state index is 0.124. The molecule has 1 N–H and O–H groups in total. The van der Waals surface area contributed by atoms with E-state index in [1.807, 2.05) is 33.8 Å². The molecule has 2 amide bonds. The molecular formula is C25H24FN7O3. The first-order valence-electron chi connectivity index (χ1n) is 11.5. The Bertz CT molecular complexity index is 1590. The highest BCUT2D eigenvalue weighted by molar-refractivity contribution is 5.98. The first-order chi connectivity index (χ1) is 17.1. The first-order valence-corrected chi connectivity index (χ1v) is 11.5. The van der Waals surface area contributed by atoms with Crippen LogP contribution >= 0.6 is 0 Å². The third kappa shape index (κ3) is 3.92. The lowest BCUT2D eigenvalue weighted by molar-refractivity contribution is -0.116. The van der Waals surface area contributed by atoms with Crippen LogP contribution in [-0.2, 0) is 17.9 Å². The molecule has 0 atom stereocenters. The summed E-state index contributed by atoms with van der Waals surface area (Å²) in [5.74, 6) is -1.19. The third-order valence-electron chi connectivity index (χ3n) is 6.14. The maximum atomic E-state index is 13.4. The van der Waals surface area contributed by atoms with Gasteiger partial charge in [0.15, 0.2) is 0 Å². The predicted octanol–water partition coefficient (Wildman–Crippen LogP) is 2.71. The summed E-state index contributed by atoms with van der Waals surface area (Å²) in [6.45, 7) is 7.40. The van der Waals surface area contributed by atoms with Crippen molar-refractivity contribution < 1.29 is 14.0 Å². The van der Waals surface area contributed by atoms with Gasteiger partial charge in [0.05, 0.1) is 24.0 Å². The van der Waals surface area contributed by atoms with Crippen molar-refractivity contribution >= 4 is 23.3 Å². The van der Waals surface area contributed by atoms with E-state index in [0.29, 0.717) is 11.4 Å². The molecule has 11 heteroatoms. The number of halogens is 1. The minimum Gasteiger partial charge on any atom is -0.330 e. The van der Waals surface area contributed by atoms with Crippen LogP contribution in [0, 0.1) is 19.7 Å². The van der Waals surface area contributed by atoms with Crippen molar-refractivity contribution in [2.45, 2.75) is 46.8 Å². The molecule has 0 radical (unpaired) electrons. The summed E-state index contributed by atoms with van der Waals surface area (Å²) in [4.78, 5) is 49.6. The number of carbonyl (C=O) groups is 2. The smallest absolute Gasteiger partial charge is 0.280 e. The zero-order chi connectivity index (χ0) is 25.7. The van der Waals surface area contributed by atoms with Gasteiger partial charge in [-0.25, -0.2) is 9.37 Å². The second-order valence-corrected chi connectivity index (χ2v) is 9.13. The van der Waals surface area contributed by atoms with Gasteiger partial charge in [-0.2, -0.15) is 9.61 Å². The predicted molar refractivity (Wildman–Crippen MR) is 130 cm³/mol. The fourth-order valence-electron chi connectivity index (χ4n) is 4.44. The molecule has 36 heavy (non-hydrogen) atoms. The van der Waals surface area contributed by atoms with Gasteiger partial charge in [-0.3, -0.25) is 19.4 Å². The molecule has 184 valence electrons. The van der Waals surface area contributed by atoms with Crippen molar-refractivity contribution in [3.63, 3.8) is 0 Å². The van der Waals surface area contributed by atoms with Crippen molar-refractivity contribution in [3.8, 4) is 11.4 Å². The summed E-state index contributed by atoms with van der Waals surface area (Å²) >= 11 is 0. The minimum atomic E-state index is -0.529. The number of hydrogen-bond acceptors (Lipinski definition) is 6. The number of nitrogens with one attached hydrogen (secondary N) is 1. The van der Waals surface area contributed by atoms with Crippen molar-refractivity contribution in [2.75, 3.05) is 5.32 Å². The molecule has 0 aromatic carbocycles. The molecule has 5 heterocycles. The third-order valence-corrected chi connectivity index (χ3v) is 6.14. The van der Waals surface area contributed by atoms with Crippen molar-refractivity contribution in [3.05, 3.63) is 75.2 Å². The average Bonchev–Trinajstić information content (AvgIpc) is 3.41. The Morgan fingerprint density at radius 2 is 1.92 bits per heavy atom. The monoisotopic (exact) mass is 489 g/mol. The van der Waals surface area contributed by atoms with Crippen LogP contribution in [0.2, 0.25) is 0 Å². The van der Waals surface area contributed by atoms with E-state index in [4.69, 9.17) is 0 Å². The number of anilines is 1. The highest BCUT2D eigenvalue weighted by atomic mass is 19.1. The molecule has 10 nitrogen and oxygen atoms in total. The Morgan fingerprint density at radius 1 is 1.14 bits per heavy atom. The van der Waals surface area contributed by atoms with Crippen LogP contribution in [-0.4, -0.2) is 46.9 Å². The fourth-order valence-corrected chi connectivity index (χ4v) is 4.44. The van der Waals surface area contributed by atoms with Gasteiger partial charge in [-0.15, -0.1) is 0 Å². The average molecular weight is 490 g/mol. The maximum Gasteiger partial charge on any atom is 0.280 e. The summed E-state index contributed by atoms with van der Waals surface area (Å²) in [7, 11) is 0. The largest absolute Gasteiger partial charge is 0.330 e. The molecule has 1 aliphatic rings. The standard InChI is InChI=1S/C25H24FN7O3/c1-13(2)31-11-17-23(25(31)36)32(12-20(34)29-19-6-5-16(26)10-27-19)21-8-18(30-33(21)24(17)35)22-15(4)7-14(3)9-28-22/h5-10,13H,11-12H2,1-4H3,(H,27,29,34). The van der Waals surface area contributed by atoms with Crippen LogP contribution in [0.4, 0.5) is 10.2 Å². The number of aryl methyl sites for hydroxylation is 2. The Morgan fingerprint density at radius 3 is 2.58 bits per heavy atom. The number of carbonyl (C=O) groups excluding carboxylic acids is 2. The van der Waals surface area contributed by atoms with E-state index < -0.39 is 17.3 Å². The molecule has 0 bridgehead atoms. The summed E-state index contributed by atoms with van der Waals surface area (Å²) in [5, 5.41) is 7.12. The molecule has 4 aromatic rings. The Hall–Kier alpha value is -4.41. The highest BCUT2D eigenvalue weighted by Crippen LogP contribution is 2.27. The SMILES string of the molecule is Cc1cnc(-c2cc3n(CC(=O)Nc4ccc(F)cn4)c4c(c(=O)n3n2)CN(C(C)C)C4=O)c(C)c1. The molecule has 4 aromatic heterocycles. The van der Waals surface area contributed by atoms with E-state index in [-0.39, 0.29) is 47.8 Å². The molecule has 0 saturated heterocycles. The van der Waals surface area contributed by atoms with Crippen molar-refractivity contribution in [2.24, 2.45) is 0 Å². The zero-order valence-electron chi connectivity index (χ0n) is 20.2. The number of rotatable bonds is 5. The Kier molecular flexibility index (Phi) is 5.62. The molecule has 5 rings (SSSR count). The van der Waals surface area contributed by atoms with E-state index in [2.05, 4.69) is 20.4 Å². The van der Waals surface area contributed by atoms with Gasteiger partial charge in [-0.05, 0) is 51.0 Å². The number of pyridine rings is 2. The number of fused-ring (bicyclic) bond motifs is 2. The summed E-state index contributed by atoms with van der Waals surface area (Å²) in [6.07, 6.45) is 2.71. The summed E-state index contributed by atoms with van der Waals surface area (Å²) in [5.41, 5.74) is 3.24. The van der Waals surface area contributed by atoms with Gasteiger partial charge in [0.25, 0.3) is 11.5 Å². The lowest BCUT2D eigenvalue weighted by atomic mass is 10.1. The summed E-state index contributed by atoms with van der Waals surface area (Å²) < 4.78 is 15.9. The van der Waals surface area contributed by atoms with E-state index >= 15 is 0 Å². The van der Waals surface area contributed by atoms with E-state index in [0.717, 1.165) is 17.3 Å². The van der Waals surface area contributed by atoms with Crippen LogP contribution in [0.3, 0.4) is 0 Å². The maximum absolute atomic E-state index is 13.4. The topological polar surface area (TPSA) is 114 Å². The quantitative estimate of drug-likeness (QED) is 0.461. The second kappa shape index (κ2) is 8.67. The number of hydrogen-bond donors (Lipinski definition) is 1. The lowest BCUT2D eigenvalue weighted by Gasteiger charge is -2.20. The highest BCUT2D eigenvalue weighted by Gasteiger charge is 2.36. The van der Waals surface area contributed by atoms with Gasteiger partial charge in [0.1, 0.15) is 35.2 Å². The van der Waals surface area contributed by atoms with E-state index in [1.54, 1.807) is 17.2 Å². The van der Waals surface area contributed by atoms with Crippen molar-refractivity contribution in [1.29, 1.82) is 0 Å². The number of nitrogens with zero attached hydrogens (tertiary/aromatic N) is 6. The van der Waals surface area contributed by atoms with E-state index in [1.165, 1.54) is 21.2 Å². The second-order valence-electron chi connectivity index (χ2n) is 9.13. The Balaban J connectivity index is 1.65. The van der Waals surface area contributed by atoms with Crippen LogP contribution in [0.1, 0.15) is 41.0 Å². The molecular weight excluding hydrogens is 465 g/mol. The zero-order valence-corrected chi connectivity index (χ0v) is 20.2. The molecule has 0 fully saturated rings. The van der Waals surface area contributed by atoms with Crippen LogP contribution < -0.4 is 10.9 Å². The first kappa shape index (κ1) is 23.3. The van der Waals surface area contributed by atoms with Gasteiger partial charge in [0, 0.05) is 18.3 Å². The lowest BCUT2D eigenvalue weighted by Crippen LogP contribution is -2.32.